The minimum atomic E-state index is -0.0556. The van der Waals surface area contributed by atoms with Crippen molar-refractivity contribution in [2.45, 2.75) is 46.6 Å². The van der Waals surface area contributed by atoms with E-state index < -0.39 is 0 Å². The third-order valence-corrected chi connectivity index (χ3v) is 5.86. The molecule has 1 amide bonds. The molecule has 1 aliphatic heterocycles. The fraction of sp³-hybridized carbons (Fsp3) is 0.421. The van der Waals surface area contributed by atoms with Crippen molar-refractivity contribution in [2.75, 3.05) is 6.54 Å². The predicted octanol–water partition coefficient (Wildman–Crippen LogP) is 3.80. The number of amides is 1. The Bertz CT molecular complexity index is 990. The molecule has 7 nitrogen and oxygen atoms in total. The summed E-state index contributed by atoms with van der Waals surface area (Å²) in [7, 11) is 0. The van der Waals surface area contributed by atoms with Crippen molar-refractivity contribution in [3.63, 3.8) is 0 Å². The summed E-state index contributed by atoms with van der Waals surface area (Å²) in [4.78, 5) is 29.1. The highest BCUT2D eigenvalue weighted by molar-refractivity contribution is 7.11. The lowest BCUT2D eigenvalue weighted by atomic mass is 10.1. The number of nitrogens with zero attached hydrogens (tertiary/aromatic N) is 5. The number of hydrogen-bond donors (Lipinski definition) is 0. The van der Waals surface area contributed by atoms with E-state index in [4.69, 9.17) is 4.52 Å². The molecule has 4 rings (SSSR count). The van der Waals surface area contributed by atoms with E-state index >= 15 is 0 Å². The smallest absolute Gasteiger partial charge is 0.266 e. The molecular formula is C19H21N5O2S. The highest BCUT2D eigenvalue weighted by Gasteiger charge is 2.33. The number of hydrogen-bond acceptors (Lipinski definition) is 7. The number of rotatable bonds is 3. The molecule has 0 N–H and O–H groups in total. The first-order valence-corrected chi connectivity index (χ1v) is 9.83. The highest BCUT2D eigenvalue weighted by Crippen LogP contribution is 2.35. The molecular weight excluding hydrogens is 362 g/mol. The zero-order valence-corrected chi connectivity index (χ0v) is 16.6. The van der Waals surface area contributed by atoms with Gasteiger partial charge >= 0.3 is 0 Å². The van der Waals surface area contributed by atoms with E-state index in [-0.39, 0.29) is 11.9 Å². The van der Waals surface area contributed by atoms with E-state index in [9.17, 15) is 4.79 Å². The van der Waals surface area contributed by atoms with Crippen LogP contribution in [0.25, 0.3) is 11.3 Å². The van der Waals surface area contributed by atoms with Crippen molar-refractivity contribution in [1.29, 1.82) is 0 Å². The van der Waals surface area contributed by atoms with Crippen LogP contribution in [0, 0.1) is 27.7 Å². The second-order valence-corrected chi connectivity index (χ2v) is 7.70. The third kappa shape index (κ3) is 3.14. The van der Waals surface area contributed by atoms with Gasteiger partial charge in [0.05, 0.1) is 39.9 Å². The van der Waals surface area contributed by atoms with Crippen LogP contribution in [0.3, 0.4) is 0 Å². The number of thiazole rings is 1. The van der Waals surface area contributed by atoms with Crippen molar-refractivity contribution in [1.82, 2.24) is 25.0 Å². The second-order valence-electron chi connectivity index (χ2n) is 6.85. The van der Waals surface area contributed by atoms with Gasteiger partial charge in [-0.25, -0.2) is 15.0 Å². The van der Waals surface area contributed by atoms with Crippen LogP contribution in [-0.4, -0.2) is 37.5 Å². The van der Waals surface area contributed by atoms with Gasteiger partial charge in [0, 0.05) is 6.54 Å². The fourth-order valence-corrected chi connectivity index (χ4v) is 4.45. The lowest BCUT2D eigenvalue weighted by Gasteiger charge is -2.24. The van der Waals surface area contributed by atoms with Crippen LogP contribution in [0.5, 0.6) is 0 Å². The molecule has 3 aromatic rings. The summed E-state index contributed by atoms with van der Waals surface area (Å²) in [5, 5.41) is 4.03. The maximum atomic E-state index is 13.0. The van der Waals surface area contributed by atoms with Gasteiger partial charge < -0.3 is 9.42 Å². The van der Waals surface area contributed by atoms with Crippen LogP contribution < -0.4 is 0 Å². The first-order chi connectivity index (χ1) is 13.0. The summed E-state index contributed by atoms with van der Waals surface area (Å²) in [6, 6.07) is 1.91. The van der Waals surface area contributed by atoms with Crippen LogP contribution in [-0.2, 0) is 0 Å². The summed E-state index contributed by atoms with van der Waals surface area (Å²) in [5.74, 6) is 1.44. The van der Waals surface area contributed by atoms with Crippen LogP contribution in [0.4, 0.5) is 0 Å². The van der Waals surface area contributed by atoms with Crippen LogP contribution in [0.1, 0.15) is 57.2 Å². The summed E-state index contributed by atoms with van der Waals surface area (Å²) in [6.45, 7) is 8.26. The van der Waals surface area contributed by atoms with Crippen molar-refractivity contribution in [3.05, 3.63) is 45.1 Å². The molecule has 0 aliphatic carbocycles. The molecule has 27 heavy (non-hydrogen) atoms. The van der Waals surface area contributed by atoms with Gasteiger partial charge in [0.15, 0.2) is 0 Å². The van der Waals surface area contributed by atoms with E-state index in [1.807, 2.05) is 38.7 Å². The molecule has 1 unspecified atom stereocenters. The molecule has 4 heterocycles. The van der Waals surface area contributed by atoms with Gasteiger partial charge in [0.1, 0.15) is 16.5 Å². The van der Waals surface area contributed by atoms with Crippen LogP contribution >= 0.6 is 11.3 Å². The van der Waals surface area contributed by atoms with Crippen molar-refractivity contribution in [3.8, 4) is 11.3 Å². The van der Waals surface area contributed by atoms with E-state index in [0.717, 1.165) is 53.5 Å². The lowest BCUT2D eigenvalue weighted by Crippen LogP contribution is -2.31. The Hall–Kier alpha value is -2.61. The quantitative estimate of drug-likeness (QED) is 0.684. The Labute approximate surface area is 161 Å². The van der Waals surface area contributed by atoms with Crippen molar-refractivity contribution in [2.24, 2.45) is 0 Å². The second kappa shape index (κ2) is 6.84. The van der Waals surface area contributed by atoms with Crippen molar-refractivity contribution >= 4 is 17.2 Å². The molecule has 0 radical (unpaired) electrons. The lowest BCUT2D eigenvalue weighted by molar-refractivity contribution is 0.0736. The Morgan fingerprint density at radius 2 is 2.04 bits per heavy atom. The number of aryl methyl sites for hydroxylation is 4. The molecule has 3 aromatic heterocycles. The van der Waals surface area contributed by atoms with E-state index in [1.165, 1.54) is 11.3 Å². The van der Waals surface area contributed by atoms with Gasteiger partial charge in [0.2, 0.25) is 0 Å². The summed E-state index contributed by atoms with van der Waals surface area (Å²) in [6.07, 6.45) is 1.85. The van der Waals surface area contributed by atoms with Crippen molar-refractivity contribution < 1.29 is 9.32 Å². The summed E-state index contributed by atoms with van der Waals surface area (Å²) in [5.41, 5.74) is 5.86. The standard InChI is InChI=1S/C19H21N5O2S/c1-10-17(12(3)26-23-10)15-8-14(21-13(4)22-15)16-6-5-7-24(16)19(25)18-11(2)20-9-27-18/h8-9,16H,5-7H2,1-4H3. The minimum absolute atomic E-state index is 0.0349. The zero-order chi connectivity index (χ0) is 19.1. The maximum absolute atomic E-state index is 13.0. The molecule has 0 bridgehead atoms. The molecule has 1 aliphatic rings. The Kier molecular flexibility index (Phi) is 4.51. The van der Waals surface area contributed by atoms with Gasteiger partial charge in [-0.15, -0.1) is 11.3 Å². The third-order valence-electron chi connectivity index (χ3n) is 4.94. The van der Waals surface area contributed by atoms with Gasteiger partial charge in [-0.2, -0.15) is 0 Å². The van der Waals surface area contributed by atoms with E-state index in [1.54, 1.807) is 5.51 Å². The SMILES string of the molecule is Cc1nc(-c2c(C)noc2C)cc(C2CCCN2C(=O)c2scnc2C)n1. The average Bonchev–Trinajstić information content (AvgIpc) is 3.34. The maximum Gasteiger partial charge on any atom is 0.266 e. The molecule has 8 heteroatoms. The van der Waals surface area contributed by atoms with Gasteiger partial charge in [-0.3, -0.25) is 4.79 Å². The normalized spacial score (nSPS) is 16.9. The molecule has 1 atom stereocenters. The summed E-state index contributed by atoms with van der Waals surface area (Å²) >= 11 is 1.39. The molecule has 0 spiro atoms. The van der Waals surface area contributed by atoms with E-state index in [2.05, 4.69) is 20.1 Å². The highest BCUT2D eigenvalue weighted by atomic mass is 32.1. The average molecular weight is 383 g/mol. The topological polar surface area (TPSA) is 85.0 Å². The van der Waals surface area contributed by atoms with Gasteiger partial charge in [-0.1, -0.05) is 5.16 Å². The molecule has 0 saturated carbocycles. The largest absolute Gasteiger partial charge is 0.361 e. The summed E-state index contributed by atoms with van der Waals surface area (Å²) < 4.78 is 5.30. The van der Waals surface area contributed by atoms with Gasteiger partial charge in [-0.05, 0) is 46.6 Å². The minimum Gasteiger partial charge on any atom is -0.361 e. The number of carbonyl (C=O) groups excluding carboxylic acids is 1. The first-order valence-electron chi connectivity index (χ1n) is 8.95. The molecule has 140 valence electrons. The number of likely N-dealkylation sites (tertiary alicyclic amines) is 1. The molecule has 1 fully saturated rings. The van der Waals surface area contributed by atoms with E-state index in [0.29, 0.717) is 10.7 Å². The zero-order valence-electron chi connectivity index (χ0n) is 15.8. The van der Waals surface area contributed by atoms with Crippen LogP contribution in [0.15, 0.2) is 16.1 Å². The molecule has 0 aromatic carbocycles. The predicted molar refractivity (Wildman–Crippen MR) is 102 cm³/mol. The Morgan fingerprint density at radius 1 is 1.22 bits per heavy atom. The molecule has 1 saturated heterocycles. The Morgan fingerprint density at radius 3 is 2.70 bits per heavy atom. The monoisotopic (exact) mass is 383 g/mol. The number of carbonyl (C=O) groups is 1. The van der Waals surface area contributed by atoms with Gasteiger partial charge in [0.25, 0.3) is 5.91 Å². The fourth-order valence-electron chi connectivity index (χ4n) is 3.69. The van der Waals surface area contributed by atoms with Crippen LogP contribution in [0.2, 0.25) is 0 Å². The Balaban J connectivity index is 1.72. The number of aromatic nitrogens is 4. The first kappa shape index (κ1) is 17.8.